The zero-order valence-corrected chi connectivity index (χ0v) is 7.29. The predicted molar refractivity (Wildman–Crippen MR) is 48.9 cm³/mol. The second kappa shape index (κ2) is 3.30. The van der Waals surface area contributed by atoms with Gasteiger partial charge in [-0.15, -0.1) is 0 Å². The van der Waals surface area contributed by atoms with E-state index in [9.17, 15) is 5.11 Å². The van der Waals surface area contributed by atoms with Crippen LogP contribution in [0.3, 0.4) is 0 Å². The molecule has 1 aromatic carbocycles. The molecule has 0 amide bonds. The second-order valence-corrected chi connectivity index (χ2v) is 2.60. The molecule has 0 fully saturated rings. The van der Waals surface area contributed by atoms with Crippen LogP contribution in [0.1, 0.15) is 11.1 Å². The van der Waals surface area contributed by atoms with Crippen LogP contribution in [0.5, 0.6) is 5.75 Å². The number of ether oxygens (including phenoxy) is 1. The van der Waals surface area contributed by atoms with Gasteiger partial charge in [0.15, 0.2) is 0 Å². The molecule has 2 nitrogen and oxygen atoms in total. The van der Waals surface area contributed by atoms with Crippen molar-refractivity contribution in [1.29, 1.82) is 0 Å². The molecule has 0 aliphatic carbocycles. The summed E-state index contributed by atoms with van der Waals surface area (Å²) in [5.41, 5.74) is 1.48. The molecule has 0 saturated carbocycles. The molecule has 0 bridgehead atoms. The zero-order chi connectivity index (χ0) is 9.14. The Balaban J connectivity index is 3.16. The quantitative estimate of drug-likeness (QED) is 0.680. The van der Waals surface area contributed by atoms with E-state index in [0.717, 1.165) is 5.56 Å². The van der Waals surface area contributed by atoms with Gasteiger partial charge < -0.3 is 9.84 Å². The number of hydrogen-bond acceptors (Lipinski definition) is 2. The Morgan fingerprint density at radius 2 is 2.17 bits per heavy atom. The highest BCUT2D eigenvalue weighted by Gasteiger charge is 2.06. The summed E-state index contributed by atoms with van der Waals surface area (Å²) in [6.07, 6.45) is 0. The fraction of sp³-hybridized carbons (Fsp3) is 0.200. The summed E-state index contributed by atoms with van der Waals surface area (Å²) in [7, 11) is 1.53. The molecule has 0 spiro atoms. The first-order valence-electron chi connectivity index (χ1n) is 3.68. The number of aryl methyl sites for hydroxylation is 1. The molecule has 64 valence electrons. The van der Waals surface area contributed by atoms with Crippen LogP contribution in [-0.4, -0.2) is 12.2 Å². The monoisotopic (exact) mass is 164 g/mol. The van der Waals surface area contributed by atoms with Crippen LogP contribution in [0.25, 0.3) is 5.76 Å². The summed E-state index contributed by atoms with van der Waals surface area (Å²) in [6, 6.07) is 5.46. The lowest BCUT2D eigenvalue weighted by Gasteiger charge is -2.07. The topological polar surface area (TPSA) is 29.5 Å². The average molecular weight is 164 g/mol. The number of phenols is 1. The fourth-order valence-corrected chi connectivity index (χ4v) is 0.994. The van der Waals surface area contributed by atoms with Crippen LogP contribution in [0, 0.1) is 6.92 Å². The summed E-state index contributed by atoms with van der Waals surface area (Å²) in [5, 5.41) is 9.56. The maximum atomic E-state index is 9.56. The number of hydrogen-bond donors (Lipinski definition) is 1. The van der Waals surface area contributed by atoms with E-state index in [1.807, 2.05) is 19.1 Å². The van der Waals surface area contributed by atoms with E-state index < -0.39 is 0 Å². The Hall–Kier alpha value is -1.44. The van der Waals surface area contributed by atoms with Crippen molar-refractivity contribution in [2.75, 3.05) is 7.11 Å². The molecule has 2 heteroatoms. The minimum absolute atomic E-state index is 0.240. The van der Waals surface area contributed by atoms with Gasteiger partial charge in [-0.1, -0.05) is 18.7 Å². The molecule has 0 heterocycles. The van der Waals surface area contributed by atoms with E-state index in [0.29, 0.717) is 11.3 Å². The first-order chi connectivity index (χ1) is 5.66. The van der Waals surface area contributed by atoms with E-state index in [-0.39, 0.29) is 5.75 Å². The molecule has 0 aliphatic rings. The van der Waals surface area contributed by atoms with Gasteiger partial charge in [-0.05, 0) is 18.6 Å². The Bertz CT molecular complexity index is 303. The van der Waals surface area contributed by atoms with E-state index in [4.69, 9.17) is 4.74 Å². The number of phenolic OH excluding ortho intramolecular Hbond substituents is 1. The third-order valence-electron chi connectivity index (χ3n) is 1.78. The van der Waals surface area contributed by atoms with Crippen LogP contribution in [0.15, 0.2) is 24.8 Å². The first-order valence-corrected chi connectivity index (χ1v) is 3.68. The van der Waals surface area contributed by atoms with Crippen LogP contribution >= 0.6 is 0 Å². The maximum Gasteiger partial charge on any atom is 0.129 e. The Morgan fingerprint density at radius 1 is 1.50 bits per heavy atom. The van der Waals surface area contributed by atoms with E-state index in [2.05, 4.69) is 6.58 Å². The number of aromatic hydroxyl groups is 1. The Kier molecular flexibility index (Phi) is 2.38. The highest BCUT2D eigenvalue weighted by atomic mass is 16.5. The van der Waals surface area contributed by atoms with Crippen LogP contribution < -0.4 is 0 Å². The largest absolute Gasteiger partial charge is 0.507 e. The lowest BCUT2D eigenvalue weighted by Crippen LogP contribution is -1.87. The molecule has 0 saturated heterocycles. The molecule has 1 aromatic rings. The van der Waals surface area contributed by atoms with Crippen LogP contribution in [0.4, 0.5) is 0 Å². The summed E-state index contributed by atoms with van der Waals surface area (Å²) in [4.78, 5) is 0. The first kappa shape index (κ1) is 8.65. The molecular weight excluding hydrogens is 152 g/mol. The third kappa shape index (κ3) is 1.42. The molecule has 0 unspecified atom stereocenters. The lowest BCUT2D eigenvalue weighted by molar-refractivity contribution is 0.367. The van der Waals surface area contributed by atoms with E-state index in [1.54, 1.807) is 6.07 Å². The van der Waals surface area contributed by atoms with E-state index >= 15 is 0 Å². The van der Waals surface area contributed by atoms with Gasteiger partial charge in [0.1, 0.15) is 11.5 Å². The van der Waals surface area contributed by atoms with Crippen molar-refractivity contribution >= 4 is 5.76 Å². The van der Waals surface area contributed by atoms with Crippen LogP contribution in [0.2, 0.25) is 0 Å². The van der Waals surface area contributed by atoms with E-state index in [1.165, 1.54) is 7.11 Å². The predicted octanol–water partition coefficient (Wildman–Crippen LogP) is 2.32. The van der Waals surface area contributed by atoms with Crippen molar-refractivity contribution in [3.63, 3.8) is 0 Å². The second-order valence-electron chi connectivity index (χ2n) is 2.60. The van der Waals surface area contributed by atoms with Crippen LogP contribution in [-0.2, 0) is 4.74 Å². The molecular formula is C10H12O2. The summed E-state index contributed by atoms with van der Waals surface area (Å²) in [6.45, 7) is 5.50. The fourth-order valence-electron chi connectivity index (χ4n) is 0.994. The normalized spacial score (nSPS) is 9.50. The van der Waals surface area contributed by atoms with Crippen molar-refractivity contribution < 1.29 is 9.84 Å². The molecule has 0 aliphatic heterocycles. The molecule has 0 radical (unpaired) electrons. The third-order valence-corrected chi connectivity index (χ3v) is 1.78. The zero-order valence-electron chi connectivity index (χ0n) is 7.29. The van der Waals surface area contributed by atoms with Crippen molar-refractivity contribution in [2.45, 2.75) is 6.92 Å². The number of rotatable bonds is 2. The lowest BCUT2D eigenvalue weighted by atomic mass is 10.1. The van der Waals surface area contributed by atoms with Gasteiger partial charge in [0, 0.05) is 0 Å². The molecule has 1 rings (SSSR count). The highest BCUT2D eigenvalue weighted by Crippen LogP contribution is 2.27. The van der Waals surface area contributed by atoms with Gasteiger partial charge in [0.25, 0.3) is 0 Å². The highest BCUT2D eigenvalue weighted by molar-refractivity contribution is 5.65. The molecule has 12 heavy (non-hydrogen) atoms. The van der Waals surface area contributed by atoms with Crippen molar-refractivity contribution in [1.82, 2.24) is 0 Å². The van der Waals surface area contributed by atoms with Gasteiger partial charge in [-0.25, -0.2) is 0 Å². The van der Waals surface area contributed by atoms with Gasteiger partial charge in [0.2, 0.25) is 0 Å². The average Bonchev–Trinajstić information content (AvgIpc) is 2.08. The van der Waals surface area contributed by atoms with Crippen molar-refractivity contribution in [3.8, 4) is 5.75 Å². The van der Waals surface area contributed by atoms with Crippen molar-refractivity contribution in [3.05, 3.63) is 35.9 Å². The van der Waals surface area contributed by atoms with Gasteiger partial charge >= 0.3 is 0 Å². The summed E-state index contributed by atoms with van der Waals surface area (Å²) >= 11 is 0. The minimum Gasteiger partial charge on any atom is -0.507 e. The number of para-hydroxylation sites is 1. The number of methoxy groups -OCH3 is 1. The summed E-state index contributed by atoms with van der Waals surface area (Å²) in [5.74, 6) is 0.723. The molecule has 0 aromatic heterocycles. The van der Waals surface area contributed by atoms with Gasteiger partial charge in [-0.2, -0.15) is 0 Å². The number of benzene rings is 1. The summed E-state index contributed by atoms with van der Waals surface area (Å²) < 4.78 is 4.92. The Morgan fingerprint density at radius 3 is 2.75 bits per heavy atom. The molecule has 0 atom stereocenters. The van der Waals surface area contributed by atoms with Gasteiger partial charge in [-0.3, -0.25) is 0 Å². The van der Waals surface area contributed by atoms with Gasteiger partial charge in [0.05, 0.1) is 12.7 Å². The minimum atomic E-state index is 0.240. The maximum absolute atomic E-state index is 9.56. The molecule has 1 N–H and O–H groups in total. The SMILES string of the molecule is C=C(OC)c1cccc(C)c1O. The Labute approximate surface area is 72.1 Å². The standard InChI is InChI=1S/C10H12O2/c1-7-5-4-6-9(10(7)11)8(2)12-3/h4-6,11H,2H2,1,3H3. The van der Waals surface area contributed by atoms with Crippen molar-refractivity contribution in [2.24, 2.45) is 0 Å². The smallest absolute Gasteiger partial charge is 0.129 e.